The third kappa shape index (κ3) is 2.79. The first-order valence-electron chi connectivity index (χ1n) is 5.38. The highest BCUT2D eigenvalue weighted by Gasteiger charge is 2.31. The zero-order chi connectivity index (χ0) is 12.1. The van der Waals surface area contributed by atoms with Gasteiger partial charge in [-0.3, -0.25) is 9.78 Å². The third-order valence-corrected chi connectivity index (χ3v) is 2.72. The van der Waals surface area contributed by atoms with Crippen molar-refractivity contribution in [1.82, 2.24) is 10.3 Å². The Labute approximate surface area is 95.7 Å². The molecule has 0 saturated carbocycles. The molecule has 2 unspecified atom stereocenters. The summed E-state index contributed by atoms with van der Waals surface area (Å²) < 4.78 is 0. The summed E-state index contributed by atoms with van der Waals surface area (Å²) in [5, 5.41) is 12.3. The van der Waals surface area contributed by atoms with E-state index in [9.17, 15) is 9.90 Å². The first-order valence-corrected chi connectivity index (χ1v) is 5.38. The van der Waals surface area contributed by atoms with Crippen molar-refractivity contribution >= 4 is 5.97 Å². The lowest BCUT2D eigenvalue weighted by molar-refractivity contribution is -0.144. The first kappa shape index (κ1) is 12.6. The van der Waals surface area contributed by atoms with E-state index in [0.29, 0.717) is 0 Å². The molecule has 1 heterocycles. The molecule has 0 aliphatic carbocycles. The maximum Gasteiger partial charge on any atom is 0.308 e. The van der Waals surface area contributed by atoms with Crippen LogP contribution in [0, 0.1) is 11.8 Å². The Morgan fingerprint density at radius 2 is 2.19 bits per heavy atom. The summed E-state index contributed by atoms with van der Waals surface area (Å²) in [6.07, 6.45) is 3.39. The van der Waals surface area contributed by atoms with Crippen LogP contribution in [0.15, 0.2) is 24.5 Å². The van der Waals surface area contributed by atoms with Gasteiger partial charge in [-0.1, -0.05) is 19.9 Å². The number of nitrogens with zero attached hydrogens (tertiary/aromatic N) is 1. The van der Waals surface area contributed by atoms with Crippen LogP contribution in [0.1, 0.15) is 25.5 Å². The molecule has 1 aromatic heterocycles. The molecule has 1 rings (SSSR count). The molecule has 0 amide bonds. The number of aliphatic carboxylic acids is 1. The smallest absolute Gasteiger partial charge is 0.308 e. The van der Waals surface area contributed by atoms with E-state index in [1.807, 2.05) is 26.0 Å². The average Bonchev–Trinajstić information content (AvgIpc) is 2.25. The Morgan fingerprint density at radius 1 is 1.50 bits per heavy atom. The van der Waals surface area contributed by atoms with Gasteiger partial charge in [-0.25, -0.2) is 0 Å². The molecule has 0 aromatic carbocycles. The molecule has 2 N–H and O–H groups in total. The second kappa shape index (κ2) is 5.61. The number of carboxylic acid groups (broad SMARTS) is 1. The number of rotatable bonds is 5. The van der Waals surface area contributed by atoms with Crippen molar-refractivity contribution in [3.63, 3.8) is 0 Å². The van der Waals surface area contributed by atoms with Gasteiger partial charge in [0.05, 0.1) is 5.92 Å². The molecule has 2 atom stereocenters. The lowest BCUT2D eigenvalue weighted by Crippen LogP contribution is -2.34. The molecule has 0 saturated heterocycles. The van der Waals surface area contributed by atoms with Crippen molar-refractivity contribution in [2.24, 2.45) is 11.8 Å². The molecule has 88 valence electrons. The summed E-state index contributed by atoms with van der Waals surface area (Å²) in [6.45, 7) is 3.83. The van der Waals surface area contributed by atoms with Crippen molar-refractivity contribution < 1.29 is 9.90 Å². The fourth-order valence-electron chi connectivity index (χ4n) is 1.93. The van der Waals surface area contributed by atoms with E-state index < -0.39 is 11.9 Å². The van der Waals surface area contributed by atoms with Crippen LogP contribution >= 0.6 is 0 Å². The van der Waals surface area contributed by atoms with E-state index in [2.05, 4.69) is 10.3 Å². The van der Waals surface area contributed by atoms with Gasteiger partial charge in [-0.2, -0.15) is 0 Å². The molecule has 0 aliphatic rings. The number of nitrogens with one attached hydrogen (secondary N) is 1. The summed E-state index contributed by atoms with van der Waals surface area (Å²) in [5.41, 5.74) is 0.908. The van der Waals surface area contributed by atoms with Crippen molar-refractivity contribution in [1.29, 1.82) is 0 Å². The van der Waals surface area contributed by atoms with Crippen LogP contribution in [0.2, 0.25) is 0 Å². The zero-order valence-corrected chi connectivity index (χ0v) is 9.84. The molecule has 0 spiro atoms. The molecule has 0 fully saturated rings. The summed E-state index contributed by atoms with van der Waals surface area (Å²) in [4.78, 5) is 15.3. The Morgan fingerprint density at radius 3 is 2.56 bits per heavy atom. The van der Waals surface area contributed by atoms with Gasteiger partial charge in [-0.05, 0) is 24.6 Å². The molecular formula is C12H18N2O2. The van der Waals surface area contributed by atoms with Crippen LogP contribution in [0.25, 0.3) is 0 Å². The average molecular weight is 222 g/mol. The van der Waals surface area contributed by atoms with Gasteiger partial charge in [0.2, 0.25) is 0 Å². The summed E-state index contributed by atoms with van der Waals surface area (Å²) in [5.74, 6) is -1.16. The highest BCUT2D eigenvalue weighted by Crippen LogP contribution is 2.27. The van der Waals surface area contributed by atoms with Crippen LogP contribution in [-0.2, 0) is 4.79 Å². The van der Waals surface area contributed by atoms with Crippen LogP contribution in [0.4, 0.5) is 0 Å². The maximum absolute atomic E-state index is 11.3. The summed E-state index contributed by atoms with van der Waals surface area (Å²) in [6, 6.07) is 3.51. The number of hydrogen-bond acceptors (Lipinski definition) is 3. The lowest BCUT2D eigenvalue weighted by atomic mass is 9.85. The SMILES string of the molecule is CNC(c1cccnc1)C(C(=O)O)C(C)C. The van der Waals surface area contributed by atoms with Gasteiger partial charge < -0.3 is 10.4 Å². The zero-order valence-electron chi connectivity index (χ0n) is 9.84. The van der Waals surface area contributed by atoms with Crippen molar-refractivity contribution in [2.75, 3.05) is 7.05 Å². The Kier molecular flexibility index (Phi) is 4.43. The lowest BCUT2D eigenvalue weighted by Gasteiger charge is -2.26. The molecule has 4 heteroatoms. The van der Waals surface area contributed by atoms with Crippen molar-refractivity contribution in [2.45, 2.75) is 19.9 Å². The summed E-state index contributed by atoms with van der Waals surface area (Å²) in [7, 11) is 1.77. The van der Waals surface area contributed by atoms with Crippen molar-refractivity contribution in [3.05, 3.63) is 30.1 Å². The molecule has 0 radical (unpaired) electrons. The first-order chi connectivity index (χ1) is 7.57. The molecule has 0 bridgehead atoms. The second-order valence-electron chi connectivity index (χ2n) is 4.16. The van der Waals surface area contributed by atoms with Crippen LogP contribution in [0.5, 0.6) is 0 Å². The minimum absolute atomic E-state index is 0.0650. The minimum atomic E-state index is -0.779. The van der Waals surface area contributed by atoms with E-state index in [1.54, 1.807) is 19.4 Å². The van der Waals surface area contributed by atoms with E-state index >= 15 is 0 Å². The largest absolute Gasteiger partial charge is 0.481 e. The molecule has 1 aromatic rings. The maximum atomic E-state index is 11.3. The van der Waals surface area contributed by atoms with Crippen LogP contribution in [-0.4, -0.2) is 23.1 Å². The number of carbonyl (C=O) groups is 1. The number of aromatic nitrogens is 1. The standard InChI is InChI=1S/C12H18N2O2/c1-8(2)10(12(15)16)11(13-3)9-5-4-6-14-7-9/h4-8,10-11,13H,1-3H3,(H,15,16). The van der Waals surface area contributed by atoms with Gasteiger partial charge in [0.15, 0.2) is 0 Å². The minimum Gasteiger partial charge on any atom is -0.481 e. The van der Waals surface area contributed by atoms with Gasteiger partial charge in [0.1, 0.15) is 0 Å². The van der Waals surface area contributed by atoms with E-state index in [1.165, 1.54) is 0 Å². The Hall–Kier alpha value is -1.42. The highest BCUT2D eigenvalue weighted by molar-refractivity contribution is 5.71. The van der Waals surface area contributed by atoms with E-state index in [0.717, 1.165) is 5.56 Å². The van der Waals surface area contributed by atoms with Gasteiger partial charge in [0, 0.05) is 18.4 Å². The van der Waals surface area contributed by atoms with Crippen LogP contribution < -0.4 is 5.32 Å². The molecular weight excluding hydrogens is 204 g/mol. The number of pyridine rings is 1. The normalized spacial score (nSPS) is 14.8. The van der Waals surface area contributed by atoms with Gasteiger partial charge in [0.25, 0.3) is 0 Å². The summed E-state index contributed by atoms with van der Waals surface area (Å²) >= 11 is 0. The highest BCUT2D eigenvalue weighted by atomic mass is 16.4. The number of carboxylic acids is 1. The second-order valence-corrected chi connectivity index (χ2v) is 4.16. The van der Waals surface area contributed by atoms with E-state index in [4.69, 9.17) is 0 Å². The molecule has 4 nitrogen and oxygen atoms in total. The molecule has 0 aliphatic heterocycles. The van der Waals surface area contributed by atoms with Gasteiger partial charge in [-0.15, -0.1) is 0 Å². The Bertz CT molecular complexity index is 338. The fourth-order valence-corrected chi connectivity index (χ4v) is 1.93. The van der Waals surface area contributed by atoms with Crippen LogP contribution in [0.3, 0.4) is 0 Å². The quantitative estimate of drug-likeness (QED) is 0.796. The third-order valence-electron chi connectivity index (χ3n) is 2.72. The predicted octanol–water partition coefficient (Wildman–Crippen LogP) is 1.70. The monoisotopic (exact) mass is 222 g/mol. The van der Waals surface area contributed by atoms with Gasteiger partial charge >= 0.3 is 5.97 Å². The molecule has 16 heavy (non-hydrogen) atoms. The number of hydrogen-bond donors (Lipinski definition) is 2. The van der Waals surface area contributed by atoms with E-state index in [-0.39, 0.29) is 12.0 Å². The van der Waals surface area contributed by atoms with Crippen molar-refractivity contribution in [3.8, 4) is 0 Å². The predicted molar refractivity (Wildman–Crippen MR) is 62.0 cm³/mol. The fraction of sp³-hybridized carbons (Fsp3) is 0.500. The topological polar surface area (TPSA) is 62.2 Å². The Balaban J connectivity index is 3.00.